The second-order valence-electron chi connectivity index (χ2n) is 4.06. The predicted molar refractivity (Wildman–Crippen MR) is 72.6 cm³/mol. The van der Waals surface area contributed by atoms with Gasteiger partial charge in [-0.3, -0.25) is 4.79 Å². The molecule has 3 aromatic rings. The number of H-pyrrole nitrogens is 1. The fraction of sp³-hybridized carbons (Fsp3) is 0.154. The maximum Gasteiger partial charge on any atom is 0.261 e. The summed E-state index contributed by atoms with van der Waals surface area (Å²) in [5, 5.41) is 4.62. The molecule has 0 radical (unpaired) electrons. The van der Waals surface area contributed by atoms with Gasteiger partial charge in [-0.1, -0.05) is 0 Å². The Morgan fingerprint density at radius 3 is 2.85 bits per heavy atom. The van der Waals surface area contributed by atoms with Crippen LogP contribution in [0.2, 0.25) is 0 Å². The van der Waals surface area contributed by atoms with Gasteiger partial charge in [0.25, 0.3) is 5.56 Å². The summed E-state index contributed by atoms with van der Waals surface area (Å²) < 4.78 is 12.1. The largest absolute Gasteiger partial charge is 0.497 e. The van der Waals surface area contributed by atoms with E-state index in [-0.39, 0.29) is 5.56 Å². The molecular formula is C13H12N4O3. The third-order valence-corrected chi connectivity index (χ3v) is 2.99. The van der Waals surface area contributed by atoms with Crippen molar-refractivity contribution in [1.29, 1.82) is 0 Å². The number of rotatable bonds is 3. The minimum atomic E-state index is -0.233. The van der Waals surface area contributed by atoms with Crippen LogP contribution in [0.5, 0.6) is 11.5 Å². The third kappa shape index (κ3) is 1.80. The van der Waals surface area contributed by atoms with Gasteiger partial charge >= 0.3 is 0 Å². The molecule has 0 saturated heterocycles. The fourth-order valence-electron chi connectivity index (χ4n) is 1.99. The average molecular weight is 272 g/mol. The quantitative estimate of drug-likeness (QED) is 0.772. The van der Waals surface area contributed by atoms with Crippen LogP contribution in [0.4, 0.5) is 0 Å². The Kier molecular flexibility index (Phi) is 2.86. The molecule has 0 bridgehead atoms. The first-order valence-corrected chi connectivity index (χ1v) is 5.88. The predicted octanol–water partition coefficient (Wildman–Crippen LogP) is 1.13. The smallest absolute Gasteiger partial charge is 0.261 e. The Labute approximate surface area is 113 Å². The van der Waals surface area contributed by atoms with E-state index in [1.54, 1.807) is 37.1 Å². The van der Waals surface area contributed by atoms with Gasteiger partial charge in [0.2, 0.25) is 0 Å². The van der Waals surface area contributed by atoms with Crippen molar-refractivity contribution in [3.63, 3.8) is 0 Å². The van der Waals surface area contributed by atoms with E-state index in [1.165, 1.54) is 12.5 Å². The molecule has 2 aromatic heterocycles. The summed E-state index contributed by atoms with van der Waals surface area (Å²) >= 11 is 0. The maximum atomic E-state index is 11.7. The maximum absolute atomic E-state index is 11.7. The molecular weight excluding hydrogens is 260 g/mol. The van der Waals surface area contributed by atoms with Crippen LogP contribution < -0.4 is 15.0 Å². The molecule has 0 saturated carbocycles. The number of methoxy groups -OCH3 is 2. The van der Waals surface area contributed by atoms with Gasteiger partial charge in [0.05, 0.1) is 26.7 Å². The summed E-state index contributed by atoms with van der Waals surface area (Å²) in [5.74, 6) is 1.27. The van der Waals surface area contributed by atoms with E-state index < -0.39 is 0 Å². The second kappa shape index (κ2) is 4.69. The Hall–Kier alpha value is -2.83. The highest BCUT2D eigenvalue weighted by Gasteiger charge is 2.13. The SMILES string of the molecule is COc1ccc(OC)c(-n2ncc3c(=O)[nH]cnc32)c1. The number of ether oxygens (including phenoxy) is 2. The van der Waals surface area contributed by atoms with E-state index >= 15 is 0 Å². The summed E-state index contributed by atoms with van der Waals surface area (Å²) in [6.07, 6.45) is 2.82. The van der Waals surface area contributed by atoms with Crippen molar-refractivity contribution in [2.24, 2.45) is 0 Å². The zero-order valence-corrected chi connectivity index (χ0v) is 11.0. The van der Waals surface area contributed by atoms with Gasteiger partial charge in [-0.2, -0.15) is 5.10 Å². The molecule has 0 spiro atoms. The second-order valence-corrected chi connectivity index (χ2v) is 4.06. The lowest BCUT2D eigenvalue weighted by Gasteiger charge is -2.10. The lowest BCUT2D eigenvalue weighted by Crippen LogP contribution is -2.07. The Morgan fingerprint density at radius 1 is 1.25 bits per heavy atom. The summed E-state index contributed by atoms with van der Waals surface area (Å²) in [6.45, 7) is 0. The van der Waals surface area contributed by atoms with Crippen LogP contribution in [-0.4, -0.2) is 34.0 Å². The first-order chi connectivity index (χ1) is 9.74. The molecule has 1 aromatic carbocycles. The van der Waals surface area contributed by atoms with Crippen molar-refractivity contribution in [2.45, 2.75) is 0 Å². The van der Waals surface area contributed by atoms with Crippen LogP contribution >= 0.6 is 0 Å². The van der Waals surface area contributed by atoms with Gasteiger partial charge in [0.15, 0.2) is 5.65 Å². The van der Waals surface area contributed by atoms with E-state index in [2.05, 4.69) is 15.1 Å². The van der Waals surface area contributed by atoms with Crippen molar-refractivity contribution in [2.75, 3.05) is 14.2 Å². The summed E-state index contributed by atoms with van der Waals surface area (Å²) in [4.78, 5) is 18.4. The number of hydrogen-bond acceptors (Lipinski definition) is 5. The van der Waals surface area contributed by atoms with Crippen LogP contribution in [0.1, 0.15) is 0 Å². The number of fused-ring (bicyclic) bond motifs is 1. The fourth-order valence-corrected chi connectivity index (χ4v) is 1.99. The Morgan fingerprint density at radius 2 is 2.10 bits per heavy atom. The van der Waals surface area contributed by atoms with E-state index in [0.717, 1.165) is 0 Å². The van der Waals surface area contributed by atoms with Gasteiger partial charge in [0.1, 0.15) is 22.6 Å². The molecule has 102 valence electrons. The van der Waals surface area contributed by atoms with Gasteiger partial charge in [-0.15, -0.1) is 0 Å². The van der Waals surface area contributed by atoms with Gasteiger partial charge in [-0.25, -0.2) is 9.67 Å². The van der Waals surface area contributed by atoms with E-state index in [4.69, 9.17) is 9.47 Å². The summed E-state index contributed by atoms with van der Waals surface area (Å²) in [5.41, 5.74) is 0.878. The molecule has 0 aliphatic carbocycles. The number of nitrogens with one attached hydrogen (secondary N) is 1. The molecule has 7 nitrogen and oxygen atoms in total. The highest BCUT2D eigenvalue weighted by molar-refractivity contribution is 5.75. The molecule has 0 atom stereocenters. The summed E-state index contributed by atoms with van der Waals surface area (Å²) in [7, 11) is 3.15. The van der Waals surface area contributed by atoms with Crippen LogP contribution in [-0.2, 0) is 0 Å². The van der Waals surface area contributed by atoms with Crippen molar-refractivity contribution in [3.8, 4) is 17.2 Å². The number of aromatic amines is 1. The molecule has 0 aliphatic heterocycles. The first-order valence-electron chi connectivity index (χ1n) is 5.88. The van der Waals surface area contributed by atoms with Crippen molar-refractivity contribution < 1.29 is 9.47 Å². The Bertz CT molecular complexity index is 822. The lowest BCUT2D eigenvalue weighted by molar-refractivity contribution is 0.401. The molecule has 1 N–H and O–H groups in total. The minimum Gasteiger partial charge on any atom is -0.497 e. The Balaban J connectivity index is 2.30. The highest BCUT2D eigenvalue weighted by atomic mass is 16.5. The van der Waals surface area contributed by atoms with E-state index in [1.807, 2.05) is 0 Å². The van der Waals surface area contributed by atoms with Crippen LogP contribution in [0.3, 0.4) is 0 Å². The van der Waals surface area contributed by atoms with E-state index in [0.29, 0.717) is 28.2 Å². The van der Waals surface area contributed by atoms with E-state index in [9.17, 15) is 4.79 Å². The zero-order valence-electron chi connectivity index (χ0n) is 11.0. The lowest BCUT2D eigenvalue weighted by atomic mass is 10.2. The monoisotopic (exact) mass is 272 g/mol. The van der Waals surface area contributed by atoms with Gasteiger partial charge < -0.3 is 14.5 Å². The van der Waals surface area contributed by atoms with Crippen LogP contribution in [0.25, 0.3) is 16.7 Å². The highest BCUT2D eigenvalue weighted by Crippen LogP contribution is 2.28. The average Bonchev–Trinajstić information content (AvgIpc) is 2.92. The molecule has 0 amide bonds. The molecule has 3 rings (SSSR count). The van der Waals surface area contributed by atoms with Crippen LogP contribution in [0, 0.1) is 0 Å². The molecule has 7 heteroatoms. The molecule has 20 heavy (non-hydrogen) atoms. The molecule has 0 fully saturated rings. The molecule has 2 heterocycles. The van der Waals surface area contributed by atoms with Crippen LogP contribution in [0.15, 0.2) is 35.5 Å². The third-order valence-electron chi connectivity index (χ3n) is 2.99. The van der Waals surface area contributed by atoms with Gasteiger partial charge in [0, 0.05) is 6.07 Å². The number of benzene rings is 1. The zero-order chi connectivity index (χ0) is 14.1. The van der Waals surface area contributed by atoms with Crippen molar-refractivity contribution in [1.82, 2.24) is 19.7 Å². The number of nitrogens with zero attached hydrogens (tertiary/aromatic N) is 3. The van der Waals surface area contributed by atoms with Gasteiger partial charge in [-0.05, 0) is 12.1 Å². The minimum absolute atomic E-state index is 0.233. The van der Waals surface area contributed by atoms with Crippen molar-refractivity contribution in [3.05, 3.63) is 41.1 Å². The number of aromatic nitrogens is 4. The molecule has 0 aliphatic rings. The molecule has 0 unspecified atom stereocenters. The topological polar surface area (TPSA) is 82.0 Å². The normalized spacial score (nSPS) is 10.7. The number of hydrogen-bond donors (Lipinski definition) is 1. The van der Waals surface area contributed by atoms with Crippen molar-refractivity contribution >= 4 is 11.0 Å². The summed E-state index contributed by atoms with van der Waals surface area (Å²) in [6, 6.07) is 5.33. The standard InChI is InChI=1S/C13H12N4O3/c1-19-8-3-4-11(20-2)10(5-8)17-12-9(6-16-17)13(18)15-7-14-12/h3-7H,1-2H3,(H,14,15,18). The first kappa shape index (κ1) is 12.2.